The summed E-state index contributed by atoms with van der Waals surface area (Å²) in [6.07, 6.45) is 7.73. The van der Waals surface area contributed by atoms with Crippen molar-refractivity contribution in [1.82, 2.24) is 5.32 Å². The lowest BCUT2D eigenvalue weighted by molar-refractivity contribution is -0.120. The SMILES string of the molecule is C#CC(CCC)NC(=O)C(S)Cc1ccccc1. The second kappa shape index (κ2) is 7.84. The van der Waals surface area contributed by atoms with Crippen LogP contribution < -0.4 is 5.32 Å². The van der Waals surface area contributed by atoms with E-state index < -0.39 is 0 Å². The molecule has 3 heteroatoms. The van der Waals surface area contributed by atoms with E-state index in [2.05, 4.69) is 23.9 Å². The van der Waals surface area contributed by atoms with Crippen molar-refractivity contribution in [2.45, 2.75) is 37.5 Å². The van der Waals surface area contributed by atoms with Gasteiger partial charge < -0.3 is 5.32 Å². The Labute approximate surface area is 115 Å². The van der Waals surface area contributed by atoms with E-state index in [4.69, 9.17) is 6.42 Å². The third-order valence-corrected chi connectivity index (χ3v) is 3.09. The summed E-state index contributed by atoms with van der Waals surface area (Å²) < 4.78 is 0. The first-order chi connectivity index (χ1) is 8.67. The minimum absolute atomic E-state index is 0.0985. The summed E-state index contributed by atoms with van der Waals surface area (Å²) in [6.45, 7) is 2.04. The van der Waals surface area contributed by atoms with Gasteiger partial charge in [0.2, 0.25) is 5.91 Å². The van der Waals surface area contributed by atoms with E-state index in [9.17, 15) is 4.79 Å². The zero-order valence-corrected chi connectivity index (χ0v) is 11.5. The lowest BCUT2D eigenvalue weighted by atomic mass is 10.1. The van der Waals surface area contributed by atoms with Crippen LogP contribution in [0.3, 0.4) is 0 Å². The minimum Gasteiger partial charge on any atom is -0.342 e. The molecule has 0 aliphatic heterocycles. The molecule has 1 aromatic carbocycles. The number of carbonyl (C=O) groups excluding carboxylic acids is 1. The van der Waals surface area contributed by atoms with Crippen molar-refractivity contribution in [1.29, 1.82) is 0 Å². The molecule has 0 heterocycles. The van der Waals surface area contributed by atoms with Gasteiger partial charge in [0.25, 0.3) is 0 Å². The average Bonchev–Trinajstić information content (AvgIpc) is 2.39. The highest BCUT2D eigenvalue weighted by Gasteiger charge is 2.17. The van der Waals surface area contributed by atoms with Crippen molar-refractivity contribution in [2.75, 3.05) is 0 Å². The molecule has 0 saturated heterocycles. The second-order valence-electron chi connectivity index (χ2n) is 4.22. The summed E-state index contributed by atoms with van der Waals surface area (Å²) in [6, 6.07) is 9.65. The van der Waals surface area contributed by atoms with Gasteiger partial charge in [-0.3, -0.25) is 4.79 Å². The predicted molar refractivity (Wildman–Crippen MR) is 78.6 cm³/mol. The number of thiol groups is 1. The van der Waals surface area contributed by atoms with Crippen LogP contribution in [0.5, 0.6) is 0 Å². The summed E-state index contributed by atoms with van der Waals surface area (Å²) in [5.74, 6) is 2.49. The van der Waals surface area contributed by atoms with Gasteiger partial charge in [-0.25, -0.2) is 0 Å². The van der Waals surface area contributed by atoms with Gasteiger partial charge >= 0.3 is 0 Å². The highest BCUT2D eigenvalue weighted by molar-refractivity contribution is 7.81. The molecule has 0 bridgehead atoms. The monoisotopic (exact) mass is 261 g/mol. The van der Waals surface area contributed by atoms with E-state index in [0.29, 0.717) is 6.42 Å². The van der Waals surface area contributed by atoms with E-state index in [1.807, 2.05) is 37.3 Å². The van der Waals surface area contributed by atoms with Gasteiger partial charge in [0.05, 0.1) is 11.3 Å². The van der Waals surface area contributed by atoms with Crippen LogP contribution in [-0.4, -0.2) is 17.2 Å². The fourth-order valence-corrected chi connectivity index (χ4v) is 1.97. The van der Waals surface area contributed by atoms with E-state index in [1.165, 1.54) is 0 Å². The standard InChI is InChI=1S/C15H19NOS/c1-3-8-13(4-2)16-15(17)14(18)11-12-9-6-5-7-10-12/h2,5-7,9-10,13-14,18H,3,8,11H2,1H3,(H,16,17). The lowest BCUT2D eigenvalue weighted by Crippen LogP contribution is -2.39. The summed E-state index contributed by atoms with van der Waals surface area (Å²) in [5.41, 5.74) is 1.10. The molecular formula is C15H19NOS. The van der Waals surface area contributed by atoms with Gasteiger partial charge in [0.15, 0.2) is 0 Å². The fraction of sp³-hybridized carbons (Fsp3) is 0.400. The molecule has 2 atom stereocenters. The molecule has 0 aliphatic rings. The number of hydrogen-bond donors (Lipinski definition) is 2. The van der Waals surface area contributed by atoms with Crippen LogP contribution in [0.2, 0.25) is 0 Å². The second-order valence-corrected chi connectivity index (χ2v) is 4.85. The molecule has 2 unspecified atom stereocenters. The summed E-state index contributed by atoms with van der Waals surface area (Å²) in [5, 5.41) is 2.48. The van der Waals surface area contributed by atoms with Crippen LogP contribution in [0.1, 0.15) is 25.3 Å². The molecule has 0 fully saturated rings. The molecule has 96 valence electrons. The van der Waals surface area contributed by atoms with Crippen LogP contribution >= 0.6 is 12.6 Å². The lowest BCUT2D eigenvalue weighted by Gasteiger charge is -2.16. The topological polar surface area (TPSA) is 29.1 Å². The Balaban J connectivity index is 2.49. The summed E-state index contributed by atoms with van der Waals surface area (Å²) >= 11 is 4.34. The third kappa shape index (κ3) is 4.85. The van der Waals surface area contributed by atoms with Crippen molar-refractivity contribution in [3.63, 3.8) is 0 Å². The average molecular weight is 261 g/mol. The smallest absolute Gasteiger partial charge is 0.234 e. The fourth-order valence-electron chi connectivity index (χ4n) is 1.68. The van der Waals surface area contributed by atoms with Crippen molar-refractivity contribution in [3.05, 3.63) is 35.9 Å². The van der Waals surface area contributed by atoms with Gasteiger partial charge in [0.1, 0.15) is 0 Å². The first-order valence-electron chi connectivity index (χ1n) is 6.15. The Kier molecular flexibility index (Phi) is 6.38. The maximum Gasteiger partial charge on any atom is 0.234 e. The maximum atomic E-state index is 11.9. The van der Waals surface area contributed by atoms with Crippen LogP contribution in [0.25, 0.3) is 0 Å². The van der Waals surface area contributed by atoms with Crippen LogP contribution in [-0.2, 0) is 11.2 Å². The first kappa shape index (κ1) is 14.7. The molecule has 2 nitrogen and oxygen atoms in total. The largest absolute Gasteiger partial charge is 0.342 e. The molecule has 18 heavy (non-hydrogen) atoms. The minimum atomic E-state index is -0.361. The van der Waals surface area contributed by atoms with Gasteiger partial charge in [-0.05, 0) is 18.4 Å². The molecule has 0 aromatic heterocycles. The Morgan fingerprint density at radius 3 is 2.67 bits per heavy atom. The quantitative estimate of drug-likeness (QED) is 0.598. The van der Waals surface area contributed by atoms with Gasteiger partial charge in [-0.2, -0.15) is 12.6 Å². The summed E-state index contributed by atoms with van der Waals surface area (Å²) in [7, 11) is 0. The third-order valence-electron chi connectivity index (χ3n) is 2.67. The van der Waals surface area contributed by atoms with Crippen LogP contribution in [0, 0.1) is 12.3 Å². The molecule has 1 amide bonds. The maximum absolute atomic E-state index is 11.9. The predicted octanol–water partition coefficient (Wildman–Crippen LogP) is 2.45. The molecule has 1 aromatic rings. The summed E-state index contributed by atoms with van der Waals surface area (Å²) in [4.78, 5) is 11.9. The van der Waals surface area contributed by atoms with E-state index in [-0.39, 0.29) is 17.2 Å². The van der Waals surface area contributed by atoms with Crippen LogP contribution in [0.15, 0.2) is 30.3 Å². The van der Waals surface area contributed by atoms with Gasteiger partial charge in [0, 0.05) is 0 Å². The zero-order valence-electron chi connectivity index (χ0n) is 10.6. The highest BCUT2D eigenvalue weighted by atomic mass is 32.1. The Morgan fingerprint density at radius 1 is 1.44 bits per heavy atom. The van der Waals surface area contributed by atoms with Crippen molar-refractivity contribution in [2.24, 2.45) is 0 Å². The van der Waals surface area contributed by atoms with Gasteiger partial charge in [-0.1, -0.05) is 49.6 Å². The molecule has 0 saturated carbocycles. The first-order valence-corrected chi connectivity index (χ1v) is 6.67. The number of rotatable bonds is 6. The molecule has 0 aliphatic carbocycles. The van der Waals surface area contributed by atoms with E-state index in [1.54, 1.807) is 0 Å². The Morgan fingerprint density at radius 2 is 2.11 bits per heavy atom. The van der Waals surface area contributed by atoms with Crippen molar-refractivity contribution in [3.8, 4) is 12.3 Å². The molecule has 0 radical (unpaired) electrons. The molecule has 1 N–H and O–H groups in total. The van der Waals surface area contributed by atoms with Crippen LogP contribution in [0.4, 0.5) is 0 Å². The zero-order chi connectivity index (χ0) is 13.4. The molecule has 1 rings (SSSR count). The number of terminal acetylenes is 1. The van der Waals surface area contributed by atoms with Crippen molar-refractivity contribution < 1.29 is 4.79 Å². The molecule has 0 spiro atoms. The molecular weight excluding hydrogens is 242 g/mol. The normalized spacial score (nSPS) is 13.4. The van der Waals surface area contributed by atoms with Gasteiger partial charge in [-0.15, -0.1) is 6.42 Å². The Hall–Kier alpha value is -1.40. The van der Waals surface area contributed by atoms with E-state index >= 15 is 0 Å². The van der Waals surface area contributed by atoms with E-state index in [0.717, 1.165) is 18.4 Å². The van der Waals surface area contributed by atoms with Crippen molar-refractivity contribution >= 4 is 18.5 Å². The number of hydrogen-bond acceptors (Lipinski definition) is 2. The highest BCUT2D eigenvalue weighted by Crippen LogP contribution is 2.08. The number of nitrogens with one attached hydrogen (secondary N) is 1. The Bertz CT molecular complexity index is 410. The number of amides is 1. The number of benzene rings is 1. The number of carbonyl (C=O) groups is 1.